The fourth-order valence-corrected chi connectivity index (χ4v) is 3.18. The largest absolute Gasteiger partial charge is 0.491 e. The van der Waals surface area contributed by atoms with Crippen LogP contribution < -0.4 is 4.74 Å². The maximum atomic E-state index is 14.6. The molecule has 188 valence electrons. The van der Waals surface area contributed by atoms with Gasteiger partial charge in [-0.25, -0.2) is 13.6 Å². The lowest BCUT2D eigenvalue weighted by atomic mass is 10.1. The molecule has 3 aromatic carbocycles. The Kier molecular flexibility index (Phi) is 10.0. The summed E-state index contributed by atoms with van der Waals surface area (Å²) in [5, 5.41) is 9.77. The number of hydrogen-bond donors (Lipinski definition) is 1. The van der Waals surface area contributed by atoms with Crippen molar-refractivity contribution >= 4 is 5.97 Å². The summed E-state index contributed by atoms with van der Waals surface area (Å²) in [5.41, 5.74) is 2.37. The average molecular weight is 501 g/mol. The number of aryl methyl sites for hydroxylation is 1. The molecule has 0 radical (unpaired) electrons. The van der Waals surface area contributed by atoms with Gasteiger partial charge in [0.1, 0.15) is 25.1 Å². The van der Waals surface area contributed by atoms with E-state index in [-0.39, 0.29) is 24.3 Å². The standard InChI is InChI=1S/C31H26F2O4/c1-3-5-22-6-8-23(9-7-22)10-14-25-16-17-26(31(33)30(25)32)15-11-24-12-18-28(19-13-24)36-20-27(34)21-37-29(35)4-2/h4,6-9,12-13,16-19,27,34H,2-3,5,20-21H2,1H3. The molecule has 0 saturated heterocycles. The fourth-order valence-electron chi connectivity index (χ4n) is 3.18. The minimum absolute atomic E-state index is 0.0383. The molecule has 0 spiro atoms. The maximum absolute atomic E-state index is 14.6. The van der Waals surface area contributed by atoms with E-state index in [0.29, 0.717) is 11.3 Å². The molecule has 0 heterocycles. The highest BCUT2D eigenvalue weighted by atomic mass is 19.2. The molecule has 1 N–H and O–H groups in total. The molecule has 0 saturated carbocycles. The Morgan fingerprint density at radius 3 is 1.95 bits per heavy atom. The van der Waals surface area contributed by atoms with Crippen LogP contribution in [-0.2, 0) is 16.0 Å². The van der Waals surface area contributed by atoms with Crippen LogP contribution in [0.5, 0.6) is 5.75 Å². The molecule has 4 nitrogen and oxygen atoms in total. The Labute approximate surface area is 215 Å². The minimum Gasteiger partial charge on any atom is -0.491 e. The number of aliphatic hydroxyl groups excluding tert-OH is 1. The second kappa shape index (κ2) is 13.6. The molecule has 0 aliphatic carbocycles. The number of benzene rings is 3. The van der Waals surface area contributed by atoms with Crippen molar-refractivity contribution in [2.75, 3.05) is 13.2 Å². The molecule has 0 aromatic heterocycles. The molecular weight excluding hydrogens is 474 g/mol. The van der Waals surface area contributed by atoms with Gasteiger partial charge in [-0.3, -0.25) is 0 Å². The third kappa shape index (κ3) is 8.35. The van der Waals surface area contributed by atoms with Gasteiger partial charge in [0, 0.05) is 17.2 Å². The van der Waals surface area contributed by atoms with E-state index in [2.05, 4.69) is 37.2 Å². The predicted molar refractivity (Wildman–Crippen MR) is 138 cm³/mol. The van der Waals surface area contributed by atoms with Crippen molar-refractivity contribution in [3.8, 4) is 29.4 Å². The van der Waals surface area contributed by atoms with E-state index in [4.69, 9.17) is 9.47 Å². The summed E-state index contributed by atoms with van der Waals surface area (Å²) in [7, 11) is 0. The molecule has 1 unspecified atom stereocenters. The zero-order chi connectivity index (χ0) is 26.6. The van der Waals surface area contributed by atoms with Crippen LogP contribution in [0.1, 0.15) is 41.2 Å². The number of aliphatic hydroxyl groups is 1. The molecule has 3 aromatic rings. The van der Waals surface area contributed by atoms with Crippen LogP contribution in [0.15, 0.2) is 73.3 Å². The lowest BCUT2D eigenvalue weighted by Crippen LogP contribution is -2.24. The van der Waals surface area contributed by atoms with E-state index in [1.165, 1.54) is 17.7 Å². The topological polar surface area (TPSA) is 55.8 Å². The number of halogens is 2. The third-order valence-corrected chi connectivity index (χ3v) is 5.14. The normalized spacial score (nSPS) is 10.8. The Morgan fingerprint density at radius 2 is 1.43 bits per heavy atom. The summed E-state index contributed by atoms with van der Waals surface area (Å²) in [6.45, 7) is 5.08. The number of esters is 1. The smallest absolute Gasteiger partial charge is 0.330 e. The van der Waals surface area contributed by atoms with Crippen LogP contribution in [0.2, 0.25) is 0 Å². The van der Waals surface area contributed by atoms with E-state index in [1.807, 2.05) is 24.3 Å². The lowest BCUT2D eigenvalue weighted by molar-refractivity contribution is -0.141. The SMILES string of the molecule is C=CC(=O)OCC(O)COc1ccc(C#Cc2ccc(C#Cc3ccc(CCC)cc3)c(F)c2F)cc1. The van der Waals surface area contributed by atoms with Crippen molar-refractivity contribution in [2.24, 2.45) is 0 Å². The Balaban J connectivity index is 1.62. The molecule has 0 aliphatic heterocycles. The van der Waals surface area contributed by atoms with Crippen molar-refractivity contribution in [3.05, 3.63) is 113 Å². The number of ether oxygens (including phenoxy) is 2. The fraction of sp³-hybridized carbons (Fsp3) is 0.194. The first-order valence-corrected chi connectivity index (χ1v) is 11.7. The van der Waals surface area contributed by atoms with E-state index < -0.39 is 23.7 Å². The molecule has 0 aliphatic rings. The summed E-state index contributed by atoms with van der Waals surface area (Å²) in [4.78, 5) is 11.0. The highest BCUT2D eigenvalue weighted by Gasteiger charge is 2.11. The first-order chi connectivity index (χ1) is 17.9. The van der Waals surface area contributed by atoms with Crippen LogP contribution >= 0.6 is 0 Å². The Bertz CT molecular complexity index is 1360. The van der Waals surface area contributed by atoms with E-state index in [1.54, 1.807) is 24.3 Å². The van der Waals surface area contributed by atoms with Crippen LogP contribution in [0.25, 0.3) is 0 Å². The zero-order valence-electron chi connectivity index (χ0n) is 20.4. The molecular formula is C31H26F2O4. The first-order valence-electron chi connectivity index (χ1n) is 11.7. The summed E-state index contributed by atoms with van der Waals surface area (Å²) in [6.07, 6.45) is 2.03. The molecule has 6 heteroatoms. The summed E-state index contributed by atoms with van der Waals surface area (Å²) < 4.78 is 39.3. The second-order valence-corrected chi connectivity index (χ2v) is 8.06. The summed E-state index contributed by atoms with van der Waals surface area (Å²) in [6, 6.07) is 17.0. The van der Waals surface area contributed by atoms with Gasteiger partial charge in [0.25, 0.3) is 0 Å². The van der Waals surface area contributed by atoms with Crippen LogP contribution in [-0.4, -0.2) is 30.4 Å². The highest BCUT2D eigenvalue weighted by Crippen LogP contribution is 2.16. The van der Waals surface area contributed by atoms with Crippen molar-refractivity contribution < 1.29 is 28.2 Å². The van der Waals surface area contributed by atoms with Crippen molar-refractivity contribution in [3.63, 3.8) is 0 Å². The molecule has 3 rings (SSSR count). The van der Waals surface area contributed by atoms with Crippen LogP contribution in [0, 0.1) is 35.3 Å². The van der Waals surface area contributed by atoms with Gasteiger partial charge in [-0.05, 0) is 60.5 Å². The van der Waals surface area contributed by atoms with Crippen LogP contribution in [0.3, 0.4) is 0 Å². The quantitative estimate of drug-likeness (QED) is 0.263. The summed E-state index contributed by atoms with van der Waals surface area (Å²) in [5.74, 6) is 8.72. The van der Waals surface area contributed by atoms with Gasteiger partial charge in [0.2, 0.25) is 0 Å². The summed E-state index contributed by atoms with van der Waals surface area (Å²) >= 11 is 0. The van der Waals surface area contributed by atoms with Crippen molar-refractivity contribution in [1.82, 2.24) is 0 Å². The van der Waals surface area contributed by atoms with Gasteiger partial charge in [-0.15, -0.1) is 0 Å². The molecule has 0 bridgehead atoms. The number of hydrogen-bond acceptors (Lipinski definition) is 4. The van der Waals surface area contributed by atoms with E-state index in [9.17, 15) is 18.7 Å². The van der Waals surface area contributed by atoms with Gasteiger partial charge in [0.15, 0.2) is 11.6 Å². The second-order valence-electron chi connectivity index (χ2n) is 8.06. The van der Waals surface area contributed by atoms with Gasteiger partial charge in [-0.2, -0.15) is 0 Å². The van der Waals surface area contributed by atoms with Gasteiger partial charge >= 0.3 is 5.97 Å². The third-order valence-electron chi connectivity index (χ3n) is 5.14. The van der Waals surface area contributed by atoms with Crippen molar-refractivity contribution in [2.45, 2.75) is 25.9 Å². The Hall–Kier alpha value is -4.39. The monoisotopic (exact) mass is 500 g/mol. The lowest BCUT2D eigenvalue weighted by Gasteiger charge is -2.12. The van der Waals surface area contributed by atoms with Gasteiger partial charge in [-0.1, -0.05) is 55.7 Å². The van der Waals surface area contributed by atoms with E-state index in [0.717, 1.165) is 24.5 Å². The molecule has 37 heavy (non-hydrogen) atoms. The van der Waals surface area contributed by atoms with Crippen molar-refractivity contribution in [1.29, 1.82) is 0 Å². The number of carbonyl (C=O) groups excluding carboxylic acids is 1. The zero-order valence-corrected chi connectivity index (χ0v) is 20.4. The maximum Gasteiger partial charge on any atom is 0.330 e. The molecule has 0 fully saturated rings. The first kappa shape index (κ1) is 27.2. The highest BCUT2D eigenvalue weighted by molar-refractivity contribution is 5.81. The van der Waals surface area contributed by atoms with E-state index >= 15 is 0 Å². The van der Waals surface area contributed by atoms with Gasteiger partial charge in [0.05, 0.1) is 11.1 Å². The van der Waals surface area contributed by atoms with Gasteiger partial charge < -0.3 is 14.6 Å². The molecule has 0 amide bonds. The Morgan fingerprint density at radius 1 is 0.892 bits per heavy atom. The number of carbonyl (C=O) groups is 1. The number of rotatable bonds is 8. The van der Waals surface area contributed by atoms with Crippen LogP contribution in [0.4, 0.5) is 8.78 Å². The predicted octanol–water partition coefficient (Wildman–Crippen LogP) is 5.19. The average Bonchev–Trinajstić information content (AvgIpc) is 2.92. The minimum atomic E-state index is -1.05. The molecule has 1 atom stereocenters.